The van der Waals surface area contributed by atoms with Crippen molar-refractivity contribution in [1.29, 1.82) is 0 Å². The first-order valence-corrected chi connectivity index (χ1v) is 24.9. The molecular formula is C70H50N4O. The zero-order valence-electron chi connectivity index (χ0n) is 51.1. The number of nitrogens with zero attached hydrogens (tertiary/aromatic N) is 4. The minimum Gasteiger partial charge on any atom is -0.458 e. The summed E-state index contributed by atoms with van der Waals surface area (Å²) in [4.78, 5) is 4.89. The maximum Gasteiger partial charge on any atom is 0.269 e. The van der Waals surface area contributed by atoms with Gasteiger partial charge in [-0.05, 0) is 144 Å². The van der Waals surface area contributed by atoms with Crippen LogP contribution in [0.1, 0.15) is 40.0 Å². The van der Waals surface area contributed by atoms with Crippen LogP contribution in [-0.4, -0.2) is 14.1 Å². The standard InChI is InChI=1S/C70H50N4O/c1-70(2,3)51-37-38-71-67(42-51)74-64-33-15-14-29-60(64)61-36-35-54(44-66(61)74)75-53-24-16-23-52(43-53)72-45-73-68-55(50-40-48(46-19-6-4-7-20-46)39-49(41-50)47-21-8-5-9-22-47)30-17-31-62(68)58-27-12-10-25-56(58)57-26-11-13-28-59(57)63-32-18-34-65(72)69(63)73/h4-44H,1-3H3/i4D,5D,6D,7D,8D,9D,19D,20D,21D,22D. The van der Waals surface area contributed by atoms with Crippen LogP contribution < -0.4 is 9.30 Å². The third-order valence-electron chi connectivity index (χ3n) is 14.3. The van der Waals surface area contributed by atoms with Crippen LogP contribution in [0.2, 0.25) is 0 Å². The van der Waals surface area contributed by atoms with Gasteiger partial charge in [0, 0.05) is 23.0 Å². The monoisotopic (exact) mass is 972 g/mol. The Morgan fingerprint density at radius 1 is 0.467 bits per heavy atom. The van der Waals surface area contributed by atoms with E-state index in [1.165, 1.54) is 11.6 Å². The predicted molar refractivity (Wildman–Crippen MR) is 307 cm³/mol. The molecule has 4 heterocycles. The average molecular weight is 973 g/mol. The van der Waals surface area contributed by atoms with Crippen LogP contribution >= 0.6 is 0 Å². The Labute approximate surface area is 450 Å². The van der Waals surface area contributed by atoms with Crippen LogP contribution in [0.3, 0.4) is 0 Å². The van der Waals surface area contributed by atoms with Crippen molar-refractivity contribution in [2.45, 2.75) is 26.2 Å². The van der Waals surface area contributed by atoms with Crippen molar-refractivity contribution in [3.63, 3.8) is 0 Å². The van der Waals surface area contributed by atoms with Crippen molar-refractivity contribution in [3.05, 3.63) is 261 Å². The minimum absolute atomic E-state index is 0.0905. The van der Waals surface area contributed by atoms with Crippen LogP contribution in [0.4, 0.5) is 0 Å². The first-order chi connectivity index (χ1) is 41.0. The molecule has 0 aliphatic carbocycles. The number of rotatable bonds is 7. The maximum absolute atomic E-state index is 9.16. The van der Waals surface area contributed by atoms with Crippen molar-refractivity contribution in [3.8, 4) is 95.5 Å². The van der Waals surface area contributed by atoms with E-state index in [-0.39, 0.29) is 27.7 Å². The third kappa shape index (κ3) is 7.54. The molecule has 0 amide bonds. The zero-order valence-corrected chi connectivity index (χ0v) is 41.1. The van der Waals surface area contributed by atoms with Gasteiger partial charge in [0.05, 0.1) is 47.1 Å². The van der Waals surface area contributed by atoms with Crippen LogP contribution in [0, 0.1) is 6.33 Å². The number of aromatic nitrogens is 4. The molecule has 14 rings (SSSR count). The number of pyridine rings is 1. The highest BCUT2D eigenvalue weighted by atomic mass is 16.5. The quantitative estimate of drug-likeness (QED) is 0.118. The van der Waals surface area contributed by atoms with Gasteiger partial charge in [0.2, 0.25) is 0 Å². The van der Waals surface area contributed by atoms with E-state index in [2.05, 4.69) is 121 Å². The number of para-hydroxylation sites is 3. The van der Waals surface area contributed by atoms with Crippen LogP contribution in [-0.2, 0) is 5.41 Å². The molecule has 356 valence electrons. The summed E-state index contributed by atoms with van der Waals surface area (Å²) in [6, 6.07) is 55.2. The zero-order chi connectivity index (χ0) is 58.9. The summed E-state index contributed by atoms with van der Waals surface area (Å²) in [5.41, 5.74) is 12.9. The molecule has 10 aromatic carbocycles. The molecule has 75 heavy (non-hydrogen) atoms. The van der Waals surface area contributed by atoms with E-state index in [9.17, 15) is 0 Å². The molecule has 1 aliphatic rings. The van der Waals surface area contributed by atoms with Crippen molar-refractivity contribution < 1.29 is 23.0 Å². The Kier molecular flexibility index (Phi) is 8.14. The maximum atomic E-state index is 9.16. The Morgan fingerprint density at radius 3 is 1.75 bits per heavy atom. The van der Waals surface area contributed by atoms with Gasteiger partial charge in [-0.3, -0.25) is 13.7 Å². The lowest BCUT2D eigenvalue weighted by Crippen LogP contribution is -2.32. The number of ether oxygens (including phenoxy) is 1. The molecular weight excluding hydrogens is 913 g/mol. The number of fused-ring (bicyclic) bond motifs is 10. The summed E-state index contributed by atoms with van der Waals surface area (Å²) < 4.78 is 102. The first kappa shape index (κ1) is 34.7. The van der Waals surface area contributed by atoms with E-state index in [4.69, 9.17) is 23.4 Å². The van der Waals surface area contributed by atoms with Gasteiger partial charge in [-0.1, -0.05) is 190 Å². The second-order valence-electron chi connectivity index (χ2n) is 19.8. The number of hydrogen-bond acceptors (Lipinski definition) is 2. The summed E-state index contributed by atoms with van der Waals surface area (Å²) >= 11 is 0. The van der Waals surface area contributed by atoms with Crippen LogP contribution in [0.25, 0.3) is 117 Å². The van der Waals surface area contributed by atoms with Gasteiger partial charge in [0.1, 0.15) is 17.3 Å². The summed E-state index contributed by atoms with van der Waals surface area (Å²) in [6.45, 7) is 6.59. The van der Waals surface area contributed by atoms with Crippen molar-refractivity contribution in [2.75, 3.05) is 0 Å². The SMILES string of the molecule is [2H]c1c([2H])c([2H])c(-c2cc(-c3cccc4c3-[n+]3[c-]n(-c5cccc(Oc6ccc7c8ccccc8n(-c8cc(C(C)(C)C)ccn8)c7c6)c5)c5cccc(c53)-c3ccccc3-c3ccccc3-4)cc(-c3c([2H])c([2H])c([2H])c([2H])c3[2H])c2)c([2H])c1[2H]. The Balaban J connectivity index is 1.000. The third-order valence-corrected chi connectivity index (χ3v) is 14.3. The molecule has 0 unspecified atom stereocenters. The molecule has 0 saturated heterocycles. The lowest BCUT2D eigenvalue weighted by atomic mass is 9.87. The molecule has 1 aliphatic heterocycles. The van der Waals surface area contributed by atoms with Crippen molar-refractivity contribution in [1.82, 2.24) is 14.1 Å². The lowest BCUT2D eigenvalue weighted by molar-refractivity contribution is -0.570. The molecule has 0 atom stereocenters. The first-order valence-electron chi connectivity index (χ1n) is 29.9. The number of benzene rings is 10. The molecule has 0 fully saturated rings. The van der Waals surface area contributed by atoms with E-state index in [0.29, 0.717) is 28.3 Å². The van der Waals surface area contributed by atoms with Crippen LogP contribution in [0.5, 0.6) is 11.5 Å². The molecule has 0 N–H and O–H groups in total. The van der Waals surface area contributed by atoms with Gasteiger partial charge in [0.25, 0.3) is 6.33 Å². The fourth-order valence-corrected chi connectivity index (χ4v) is 10.8. The van der Waals surface area contributed by atoms with Gasteiger partial charge in [-0.2, -0.15) is 0 Å². The Bertz CT molecular complexity index is 4850. The molecule has 0 saturated carbocycles. The molecule has 0 bridgehead atoms. The molecule has 13 aromatic rings. The number of imidazole rings is 1. The topological polar surface area (TPSA) is 35.9 Å². The lowest BCUT2D eigenvalue weighted by Gasteiger charge is -2.20. The van der Waals surface area contributed by atoms with E-state index in [1.807, 2.05) is 89.6 Å². The minimum atomic E-state index is -0.561. The van der Waals surface area contributed by atoms with Crippen LogP contribution in [0.15, 0.2) is 249 Å². The van der Waals surface area contributed by atoms with Crippen molar-refractivity contribution in [2.24, 2.45) is 0 Å². The Morgan fingerprint density at radius 2 is 1.03 bits per heavy atom. The second kappa shape index (κ2) is 17.6. The molecule has 0 radical (unpaired) electrons. The fraction of sp³-hybridized carbons (Fsp3) is 0.0571. The van der Waals surface area contributed by atoms with Gasteiger partial charge in [-0.15, -0.1) is 0 Å². The highest BCUT2D eigenvalue weighted by Crippen LogP contribution is 2.46. The normalized spacial score (nSPS) is 13.8. The van der Waals surface area contributed by atoms with E-state index < -0.39 is 60.4 Å². The van der Waals surface area contributed by atoms with E-state index in [0.717, 1.165) is 77.7 Å². The average Bonchev–Trinajstić information content (AvgIpc) is 2.02. The van der Waals surface area contributed by atoms with E-state index >= 15 is 0 Å². The summed E-state index contributed by atoms with van der Waals surface area (Å²) in [5, 5.41) is 2.17. The highest BCUT2D eigenvalue weighted by molar-refractivity contribution is 6.09. The van der Waals surface area contributed by atoms with Gasteiger partial charge < -0.3 is 4.74 Å². The van der Waals surface area contributed by atoms with Gasteiger partial charge in [-0.25, -0.2) is 4.98 Å². The Hall–Kier alpha value is -9.58. The van der Waals surface area contributed by atoms with Gasteiger partial charge >= 0.3 is 0 Å². The predicted octanol–water partition coefficient (Wildman–Crippen LogP) is 17.6. The van der Waals surface area contributed by atoms with Gasteiger partial charge in [0.15, 0.2) is 0 Å². The summed E-state index contributed by atoms with van der Waals surface area (Å²) in [5.74, 6) is 2.02. The second-order valence-corrected chi connectivity index (χ2v) is 19.8. The highest BCUT2D eigenvalue weighted by Gasteiger charge is 2.27. The summed E-state index contributed by atoms with van der Waals surface area (Å²) in [6.07, 6.45) is 5.69. The molecule has 5 nitrogen and oxygen atoms in total. The smallest absolute Gasteiger partial charge is 0.269 e. The number of hydrogen-bond donors (Lipinski definition) is 0. The molecule has 3 aromatic heterocycles. The largest absolute Gasteiger partial charge is 0.458 e. The molecule has 0 spiro atoms. The summed E-state index contributed by atoms with van der Waals surface area (Å²) in [7, 11) is 0. The molecule has 5 heteroatoms. The van der Waals surface area contributed by atoms with E-state index in [1.54, 1.807) is 12.1 Å². The fourth-order valence-electron chi connectivity index (χ4n) is 10.8. The van der Waals surface area contributed by atoms with Crippen molar-refractivity contribution >= 4 is 32.8 Å².